The van der Waals surface area contributed by atoms with Crippen molar-refractivity contribution in [1.29, 1.82) is 0 Å². The Hall–Kier alpha value is -2.48. The molecule has 0 radical (unpaired) electrons. The molecule has 1 aliphatic heterocycles. The number of hydrogen-bond acceptors (Lipinski definition) is 4. The van der Waals surface area contributed by atoms with Gasteiger partial charge < -0.3 is 9.64 Å². The molecule has 6 nitrogen and oxygen atoms in total. The minimum Gasteiger partial charge on any atom is -0.379 e. The Morgan fingerprint density at radius 1 is 1.17 bits per heavy atom. The molecule has 0 unspecified atom stereocenters. The summed E-state index contributed by atoms with van der Waals surface area (Å²) in [5, 5.41) is 0. The zero-order valence-electron chi connectivity index (χ0n) is 16.6. The Balaban J connectivity index is 2.01. The third kappa shape index (κ3) is 4.58. The van der Waals surface area contributed by atoms with Crippen molar-refractivity contribution in [3.63, 3.8) is 0 Å². The molecule has 1 heterocycles. The second-order valence-electron chi connectivity index (χ2n) is 6.73. The maximum Gasteiger partial charge on any atom is 0.258 e. The van der Waals surface area contributed by atoms with Crippen LogP contribution in [-0.4, -0.2) is 51.5 Å². The van der Waals surface area contributed by atoms with E-state index in [2.05, 4.69) is 6.58 Å². The van der Waals surface area contributed by atoms with Gasteiger partial charge >= 0.3 is 0 Å². The predicted octanol–water partition coefficient (Wildman–Crippen LogP) is 3.10. The summed E-state index contributed by atoms with van der Waals surface area (Å²) in [7, 11) is -3.70. The lowest BCUT2D eigenvalue weighted by Crippen LogP contribution is -2.41. The van der Waals surface area contributed by atoms with Crippen LogP contribution in [0.3, 0.4) is 0 Å². The standard InChI is InChI=1S/C22H26N2O4S/c1-3-12-24(20-8-6-5-7-9-20)22(25)19-11-10-18(4-2)21(17-19)29(26,27)23-13-15-28-16-14-23/h3,5-11,17H,1,4,12-16H2,2H3. The van der Waals surface area contributed by atoms with Crippen molar-refractivity contribution in [3.8, 4) is 0 Å². The van der Waals surface area contributed by atoms with Gasteiger partial charge in [0.25, 0.3) is 5.91 Å². The number of sulfonamides is 1. The van der Waals surface area contributed by atoms with Crippen molar-refractivity contribution in [2.45, 2.75) is 18.2 Å². The number of morpholine rings is 1. The van der Waals surface area contributed by atoms with Crippen molar-refractivity contribution >= 4 is 21.6 Å². The van der Waals surface area contributed by atoms with E-state index in [-0.39, 0.29) is 10.8 Å². The Labute approximate surface area is 172 Å². The van der Waals surface area contributed by atoms with Gasteiger partial charge in [-0.25, -0.2) is 8.42 Å². The minimum atomic E-state index is -3.70. The topological polar surface area (TPSA) is 66.9 Å². The lowest BCUT2D eigenvalue weighted by Gasteiger charge is -2.27. The van der Waals surface area contributed by atoms with Crippen LogP contribution in [-0.2, 0) is 21.2 Å². The van der Waals surface area contributed by atoms with E-state index >= 15 is 0 Å². The average molecular weight is 415 g/mol. The Morgan fingerprint density at radius 3 is 2.48 bits per heavy atom. The fourth-order valence-corrected chi connectivity index (χ4v) is 5.07. The van der Waals surface area contributed by atoms with Crippen LogP contribution in [0.4, 0.5) is 5.69 Å². The molecule has 0 atom stereocenters. The highest BCUT2D eigenvalue weighted by molar-refractivity contribution is 7.89. The second-order valence-corrected chi connectivity index (χ2v) is 8.64. The number of nitrogens with zero attached hydrogens (tertiary/aromatic N) is 2. The summed E-state index contributed by atoms with van der Waals surface area (Å²) >= 11 is 0. The van der Waals surface area contributed by atoms with Crippen LogP contribution >= 0.6 is 0 Å². The third-order valence-corrected chi connectivity index (χ3v) is 6.89. The van der Waals surface area contributed by atoms with Gasteiger partial charge in [-0.1, -0.05) is 37.3 Å². The largest absolute Gasteiger partial charge is 0.379 e. The fourth-order valence-electron chi connectivity index (χ4n) is 3.34. The summed E-state index contributed by atoms with van der Waals surface area (Å²) in [6.45, 7) is 7.35. The normalized spacial score (nSPS) is 15.1. The highest BCUT2D eigenvalue weighted by Crippen LogP contribution is 2.25. The van der Waals surface area contributed by atoms with Gasteiger partial charge in [0.15, 0.2) is 0 Å². The average Bonchev–Trinajstić information content (AvgIpc) is 2.77. The van der Waals surface area contributed by atoms with Crippen LogP contribution in [0.1, 0.15) is 22.8 Å². The number of hydrogen-bond donors (Lipinski definition) is 0. The predicted molar refractivity (Wildman–Crippen MR) is 114 cm³/mol. The molecule has 1 aliphatic rings. The molecule has 0 aromatic heterocycles. The van der Waals surface area contributed by atoms with Crippen LogP contribution in [0.5, 0.6) is 0 Å². The van der Waals surface area contributed by atoms with Gasteiger partial charge in [-0.3, -0.25) is 4.79 Å². The number of carbonyl (C=O) groups excluding carboxylic acids is 1. The summed E-state index contributed by atoms with van der Waals surface area (Å²) in [6.07, 6.45) is 2.21. The van der Waals surface area contributed by atoms with E-state index < -0.39 is 10.0 Å². The molecule has 2 aromatic carbocycles. The molecule has 7 heteroatoms. The fraction of sp³-hybridized carbons (Fsp3) is 0.318. The third-order valence-electron chi connectivity index (χ3n) is 4.91. The lowest BCUT2D eigenvalue weighted by molar-refractivity contribution is 0.0730. The van der Waals surface area contributed by atoms with E-state index in [1.807, 2.05) is 37.3 Å². The summed E-state index contributed by atoms with van der Waals surface area (Å²) in [5.41, 5.74) is 1.76. The van der Waals surface area contributed by atoms with E-state index in [9.17, 15) is 13.2 Å². The molecule has 1 amide bonds. The molecule has 0 spiro atoms. The van der Waals surface area contributed by atoms with Crippen molar-refractivity contribution in [2.24, 2.45) is 0 Å². The summed E-state index contributed by atoms with van der Waals surface area (Å²) in [4.78, 5) is 15.0. The molecular weight excluding hydrogens is 388 g/mol. The van der Waals surface area contributed by atoms with Gasteiger partial charge in [0, 0.05) is 30.9 Å². The first kappa shape index (κ1) is 21.2. The highest BCUT2D eigenvalue weighted by atomic mass is 32.2. The van der Waals surface area contributed by atoms with Gasteiger partial charge in [0.05, 0.1) is 18.1 Å². The molecule has 2 aromatic rings. The van der Waals surface area contributed by atoms with Crippen molar-refractivity contribution < 1.29 is 17.9 Å². The first-order valence-corrected chi connectivity index (χ1v) is 11.1. The first-order chi connectivity index (χ1) is 14.0. The van der Waals surface area contributed by atoms with E-state index in [4.69, 9.17) is 4.74 Å². The number of benzene rings is 2. The van der Waals surface area contributed by atoms with E-state index in [1.54, 1.807) is 23.1 Å². The van der Waals surface area contributed by atoms with Gasteiger partial charge in [-0.05, 0) is 36.2 Å². The summed E-state index contributed by atoms with van der Waals surface area (Å²) in [5.74, 6) is -0.266. The van der Waals surface area contributed by atoms with Crippen LogP contribution in [0, 0.1) is 0 Å². The molecular formula is C22H26N2O4S. The van der Waals surface area contributed by atoms with E-state index in [0.717, 1.165) is 5.69 Å². The molecule has 0 aliphatic carbocycles. The van der Waals surface area contributed by atoms with Crippen LogP contribution in [0.2, 0.25) is 0 Å². The molecule has 154 valence electrons. The maximum absolute atomic E-state index is 13.2. The van der Waals surface area contributed by atoms with Gasteiger partial charge in [0.2, 0.25) is 10.0 Å². The molecule has 0 bridgehead atoms. The number of para-hydroxylation sites is 1. The molecule has 29 heavy (non-hydrogen) atoms. The Morgan fingerprint density at radius 2 is 1.86 bits per heavy atom. The number of aryl methyl sites for hydroxylation is 1. The Kier molecular flexibility index (Phi) is 6.84. The number of amides is 1. The van der Waals surface area contributed by atoms with Crippen molar-refractivity contribution in [1.82, 2.24) is 4.31 Å². The van der Waals surface area contributed by atoms with Gasteiger partial charge in [-0.2, -0.15) is 4.31 Å². The zero-order valence-corrected chi connectivity index (χ0v) is 17.4. The Bertz CT molecular complexity index is 968. The van der Waals surface area contributed by atoms with Crippen LogP contribution < -0.4 is 4.90 Å². The quantitative estimate of drug-likeness (QED) is 0.653. The molecule has 1 saturated heterocycles. The van der Waals surface area contributed by atoms with Crippen LogP contribution in [0.25, 0.3) is 0 Å². The van der Waals surface area contributed by atoms with Gasteiger partial charge in [-0.15, -0.1) is 6.58 Å². The number of carbonyl (C=O) groups is 1. The van der Waals surface area contributed by atoms with Crippen molar-refractivity contribution in [3.05, 3.63) is 72.3 Å². The van der Waals surface area contributed by atoms with E-state index in [0.29, 0.717) is 50.4 Å². The lowest BCUT2D eigenvalue weighted by atomic mass is 10.1. The number of anilines is 1. The number of rotatable bonds is 7. The second kappa shape index (κ2) is 9.35. The zero-order chi connectivity index (χ0) is 20.9. The smallest absolute Gasteiger partial charge is 0.258 e. The number of ether oxygens (including phenoxy) is 1. The van der Waals surface area contributed by atoms with Crippen molar-refractivity contribution in [2.75, 3.05) is 37.7 Å². The highest BCUT2D eigenvalue weighted by Gasteiger charge is 2.29. The monoisotopic (exact) mass is 414 g/mol. The summed E-state index contributed by atoms with van der Waals surface area (Å²) < 4.78 is 33.2. The first-order valence-electron chi connectivity index (χ1n) is 9.67. The van der Waals surface area contributed by atoms with Gasteiger partial charge in [0.1, 0.15) is 0 Å². The minimum absolute atomic E-state index is 0.194. The molecule has 0 N–H and O–H groups in total. The van der Waals surface area contributed by atoms with E-state index in [1.165, 1.54) is 10.4 Å². The SMILES string of the molecule is C=CCN(C(=O)c1ccc(CC)c(S(=O)(=O)N2CCOCC2)c1)c1ccccc1. The van der Waals surface area contributed by atoms with Crippen LogP contribution in [0.15, 0.2) is 66.1 Å². The maximum atomic E-state index is 13.2. The molecule has 0 saturated carbocycles. The molecule has 3 rings (SSSR count). The molecule has 1 fully saturated rings. The summed E-state index contributed by atoms with van der Waals surface area (Å²) in [6, 6.07) is 14.2.